The molecule has 0 atom stereocenters. The standard InChI is InChI=1S/C13H19NO3S/c1-2-9-14(10-11-3-4-11)18(16,17)13-7-5-12(15)6-8-13/h5-8,11,15H,2-4,9-10H2,1H3. The van der Waals surface area contributed by atoms with Crippen LogP contribution in [0, 0.1) is 5.92 Å². The maximum atomic E-state index is 12.4. The zero-order valence-corrected chi connectivity index (χ0v) is 11.4. The Labute approximate surface area is 108 Å². The van der Waals surface area contributed by atoms with Crippen LogP contribution in [0.25, 0.3) is 0 Å². The summed E-state index contributed by atoms with van der Waals surface area (Å²) in [7, 11) is -3.41. The van der Waals surface area contributed by atoms with Crippen LogP contribution in [0.15, 0.2) is 29.2 Å². The highest BCUT2D eigenvalue weighted by atomic mass is 32.2. The highest BCUT2D eigenvalue weighted by molar-refractivity contribution is 7.89. The molecule has 0 unspecified atom stereocenters. The number of benzene rings is 1. The average Bonchev–Trinajstić information content (AvgIpc) is 3.13. The van der Waals surface area contributed by atoms with Gasteiger partial charge in [-0.15, -0.1) is 0 Å². The predicted octanol–water partition coefficient (Wildman–Crippen LogP) is 2.20. The van der Waals surface area contributed by atoms with E-state index in [9.17, 15) is 13.5 Å². The maximum Gasteiger partial charge on any atom is 0.243 e. The van der Waals surface area contributed by atoms with Gasteiger partial charge in [0.25, 0.3) is 0 Å². The topological polar surface area (TPSA) is 57.6 Å². The second-order valence-corrected chi connectivity index (χ2v) is 6.74. The molecule has 2 rings (SSSR count). The van der Waals surface area contributed by atoms with E-state index >= 15 is 0 Å². The van der Waals surface area contributed by atoms with Crippen LogP contribution in [-0.4, -0.2) is 30.9 Å². The molecule has 0 spiro atoms. The molecule has 1 aliphatic rings. The molecule has 1 saturated carbocycles. The van der Waals surface area contributed by atoms with Crippen molar-refractivity contribution in [1.82, 2.24) is 4.31 Å². The molecule has 0 bridgehead atoms. The monoisotopic (exact) mass is 269 g/mol. The molecule has 1 fully saturated rings. The summed E-state index contributed by atoms with van der Waals surface area (Å²) < 4.78 is 26.4. The zero-order valence-electron chi connectivity index (χ0n) is 10.5. The first-order chi connectivity index (χ1) is 8.54. The second kappa shape index (κ2) is 5.28. The molecule has 0 aromatic heterocycles. The minimum atomic E-state index is -3.41. The Morgan fingerprint density at radius 1 is 1.28 bits per heavy atom. The Morgan fingerprint density at radius 2 is 1.89 bits per heavy atom. The van der Waals surface area contributed by atoms with E-state index in [4.69, 9.17) is 0 Å². The molecule has 1 aromatic rings. The molecule has 0 heterocycles. The number of phenolic OH excluding ortho intramolecular Hbond substituents is 1. The first kappa shape index (κ1) is 13.4. The largest absolute Gasteiger partial charge is 0.508 e. The summed E-state index contributed by atoms with van der Waals surface area (Å²) in [6.45, 7) is 3.16. The molecule has 1 N–H and O–H groups in total. The van der Waals surface area contributed by atoms with Crippen LogP contribution in [-0.2, 0) is 10.0 Å². The van der Waals surface area contributed by atoms with Gasteiger partial charge in [-0.25, -0.2) is 8.42 Å². The van der Waals surface area contributed by atoms with Crippen LogP contribution in [0.1, 0.15) is 26.2 Å². The Hall–Kier alpha value is -1.07. The SMILES string of the molecule is CCCN(CC1CC1)S(=O)(=O)c1ccc(O)cc1. The van der Waals surface area contributed by atoms with Crippen LogP contribution >= 0.6 is 0 Å². The van der Waals surface area contributed by atoms with Gasteiger partial charge in [0.15, 0.2) is 0 Å². The Balaban J connectivity index is 2.22. The molecule has 1 aliphatic carbocycles. The van der Waals surface area contributed by atoms with Gasteiger partial charge >= 0.3 is 0 Å². The lowest BCUT2D eigenvalue weighted by atomic mass is 10.3. The summed E-state index contributed by atoms with van der Waals surface area (Å²) in [5.74, 6) is 0.613. The zero-order chi connectivity index (χ0) is 13.2. The van der Waals surface area contributed by atoms with Crippen molar-refractivity contribution in [3.05, 3.63) is 24.3 Å². The Morgan fingerprint density at radius 3 is 2.39 bits per heavy atom. The second-order valence-electron chi connectivity index (χ2n) is 4.80. The van der Waals surface area contributed by atoms with E-state index in [2.05, 4.69) is 0 Å². The van der Waals surface area contributed by atoms with E-state index in [0.717, 1.165) is 19.3 Å². The third-order valence-electron chi connectivity index (χ3n) is 3.11. The summed E-state index contributed by atoms with van der Waals surface area (Å²) in [5.41, 5.74) is 0. The quantitative estimate of drug-likeness (QED) is 0.861. The van der Waals surface area contributed by atoms with Crippen molar-refractivity contribution in [2.45, 2.75) is 31.1 Å². The molecule has 18 heavy (non-hydrogen) atoms. The molecule has 4 nitrogen and oxygen atoms in total. The van der Waals surface area contributed by atoms with Gasteiger partial charge in [-0.1, -0.05) is 6.92 Å². The first-order valence-electron chi connectivity index (χ1n) is 6.33. The third kappa shape index (κ3) is 3.03. The summed E-state index contributed by atoms with van der Waals surface area (Å²) in [4.78, 5) is 0.259. The maximum absolute atomic E-state index is 12.4. The van der Waals surface area contributed by atoms with Crippen LogP contribution < -0.4 is 0 Å². The summed E-state index contributed by atoms with van der Waals surface area (Å²) in [6.07, 6.45) is 3.07. The van der Waals surface area contributed by atoms with E-state index in [-0.39, 0.29) is 10.6 Å². The molecule has 0 radical (unpaired) electrons. The van der Waals surface area contributed by atoms with E-state index in [1.807, 2.05) is 6.92 Å². The van der Waals surface area contributed by atoms with Gasteiger partial charge in [0.1, 0.15) is 5.75 Å². The minimum absolute atomic E-state index is 0.0817. The molecule has 0 saturated heterocycles. The van der Waals surface area contributed by atoms with Crippen molar-refractivity contribution < 1.29 is 13.5 Å². The van der Waals surface area contributed by atoms with Gasteiger partial charge < -0.3 is 5.11 Å². The van der Waals surface area contributed by atoms with Gasteiger partial charge in [0.2, 0.25) is 10.0 Å². The van der Waals surface area contributed by atoms with Crippen LogP contribution in [0.3, 0.4) is 0 Å². The van der Waals surface area contributed by atoms with Crippen molar-refractivity contribution in [2.24, 2.45) is 5.92 Å². The third-order valence-corrected chi connectivity index (χ3v) is 4.99. The van der Waals surface area contributed by atoms with Crippen LogP contribution in [0.5, 0.6) is 5.75 Å². The first-order valence-corrected chi connectivity index (χ1v) is 7.77. The predicted molar refractivity (Wildman–Crippen MR) is 69.9 cm³/mol. The van der Waals surface area contributed by atoms with Gasteiger partial charge in [-0.2, -0.15) is 4.31 Å². The Bertz CT molecular complexity index is 491. The molecule has 0 aliphatic heterocycles. The number of hydrogen-bond acceptors (Lipinski definition) is 3. The molecular formula is C13H19NO3S. The summed E-state index contributed by atoms with van der Waals surface area (Å²) >= 11 is 0. The molecular weight excluding hydrogens is 250 g/mol. The normalized spacial score (nSPS) is 16.1. The lowest BCUT2D eigenvalue weighted by molar-refractivity contribution is 0.395. The molecule has 1 aromatic carbocycles. The van der Waals surface area contributed by atoms with Crippen molar-refractivity contribution in [3.63, 3.8) is 0 Å². The lowest BCUT2D eigenvalue weighted by Crippen LogP contribution is -2.33. The Kier molecular flexibility index (Phi) is 3.92. The van der Waals surface area contributed by atoms with Crippen molar-refractivity contribution in [1.29, 1.82) is 0 Å². The van der Waals surface area contributed by atoms with Crippen LogP contribution in [0.4, 0.5) is 0 Å². The molecule has 0 amide bonds. The smallest absolute Gasteiger partial charge is 0.243 e. The van der Waals surface area contributed by atoms with Gasteiger partial charge in [-0.3, -0.25) is 0 Å². The van der Waals surface area contributed by atoms with Gasteiger partial charge in [0, 0.05) is 13.1 Å². The van der Waals surface area contributed by atoms with Crippen molar-refractivity contribution >= 4 is 10.0 Å². The van der Waals surface area contributed by atoms with E-state index in [1.165, 1.54) is 24.3 Å². The number of sulfonamides is 1. The fourth-order valence-electron chi connectivity index (χ4n) is 1.91. The van der Waals surface area contributed by atoms with Gasteiger partial charge in [-0.05, 0) is 49.4 Å². The van der Waals surface area contributed by atoms with E-state index in [1.54, 1.807) is 4.31 Å². The van der Waals surface area contributed by atoms with Gasteiger partial charge in [0.05, 0.1) is 4.90 Å². The summed E-state index contributed by atoms with van der Waals surface area (Å²) in [5, 5.41) is 9.21. The number of hydrogen-bond donors (Lipinski definition) is 1. The van der Waals surface area contributed by atoms with E-state index < -0.39 is 10.0 Å². The molecule has 100 valence electrons. The van der Waals surface area contributed by atoms with Crippen molar-refractivity contribution in [3.8, 4) is 5.75 Å². The number of phenols is 1. The highest BCUT2D eigenvalue weighted by Crippen LogP contribution is 2.31. The number of rotatable bonds is 6. The minimum Gasteiger partial charge on any atom is -0.508 e. The summed E-state index contributed by atoms with van der Waals surface area (Å²) in [6, 6.07) is 5.74. The van der Waals surface area contributed by atoms with E-state index in [0.29, 0.717) is 19.0 Å². The number of nitrogens with zero attached hydrogens (tertiary/aromatic N) is 1. The molecule has 5 heteroatoms. The van der Waals surface area contributed by atoms with Crippen LogP contribution in [0.2, 0.25) is 0 Å². The number of aromatic hydroxyl groups is 1. The highest BCUT2D eigenvalue weighted by Gasteiger charge is 2.31. The lowest BCUT2D eigenvalue weighted by Gasteiger charge is -2.21. The fourth-order valence-corrected chi connectivity index (χ4v) is 3.52. The fraction of sp³-hybridized carbons (Fsp3) is 0.538. The van der Waals surface area contributed by atoms with Crippen molar-refractivity contribution in [2.75, 3.05) is 13.1 Å². The average molecular weight is 269 g/mol.